The van der Waals surface area contributed by atoms with Gasteiger partial charge in [-0.25, -0.2) is 0 Å². The topological polar surface area (TPSA) is 66.3 Å². The number of thiophene rings is 1. The summed E-state index contributed by atoms with van der Waals surface area (Å²) >= 11 is 1.77. The van der Waals surface area contributed by atoms with Crippen LogP contribution in [0.3, 0.4) is 0 Å². The molecule has 0 spiro atoms. The lowest BCUT2D eigenvalue weighted by Crippen LogP contribution is -2.61. The normalized spacial score (nSPS) is 28.3. The summed E-state index contributed by atoms with van der Waals surface area (Å²) in [5.41, 5.74) is 0. The van der Waals surface area contributed by atoms with Crippen LogP contribution in [0.1, 0.15) is 93.8 Å². The lowest BCUT2D eigenvalue weighted by molar-refractivity contribution is -0.127. The SMILES string of the molecule is CCC1C2CC(n3c(C)nnc3C(C)C)CC2N1CC[C@H](NC(=O)C1CCN(C)CC1)c1cccs1. The first-order chi connectivity index (χ1) is 17.4. The van der Waals surface area contributed by atoms with Gasteiger partial charge in [-0.15, -0.1) is 21.5 Å². The molecule has 2 aliphatic heterocycles. The molecule has 36 heavy (non-hydrogen) atoms. The van der Waals surface area contributed by atoms with Gasteiger partial charge in [0.1, 0.15) is 11.6 Å². The fourth-order valence-electron chi connectivity index (χ4n) is 7.13. The maximum Gasteiger partial charge on any atom is 0.223 e. The Morgan fingerprint density at radius 1 is 1.22 bits per heavy atom. The molecule has 0 bridgehead atoms. The van der Waals surface area contributed by atoms with Crippen molar-refractivity contribution >= 4 is 17.2 Å². The molecular formula is C28H44N6OS. The van der Waals surface area contributed by atoms with E-state index in [0.717, 1.165) is 56.5 Å². The third-order valence-corrected chi connectivity index (χ3v) is 10.0. The van der Waals surface area contributed by atoms with Crippen molar-refractivity contribution < 1.29 is 4.79 Å². The summed E-state index contributed by atoms with van der Waals surface area (Å²) in [5.74, 6) is 3.74. The van der Waals surface area contributed by atoms with E-state index >= 15 is 0 Å². The average molecular weight is 513 g/mol. The van der Waals surface area contributed by atoms with Gasteiger partial charge in [0.2, 0.25) is 5.91 Å². The standard InChI is InChI=1S/C28H44N6OS/c1-6-24-22-16-21(34-19(4)30-31-27(34)18(2)3)17-25(22)33(24)14-11-23(26-8-7-15-36-26)29-28(35)20-9-12-32(5)13-10-20/h7-8,15,18,20-25H,6,9-14,16-17H2,1-5H3,(H,29,35)/t21?,22?,23-,24?,25?/m0/s1. The van der Waals surface area contributed by atoms with E-state index in [-0.39, 0.29) is 17.9 Å². The lowest BCUT2D eigenvalue weighted by Gasteiger charge is -2.53. The quantitative estimate of drug-likeness (QED) is 0.524. The van der Waals surface area contributed by atoms with Gasteiger partial charge in [0.15, 0.2) is 0 Å². The van der Waals surface area contributed by atoms with Crippen molar-refractivity contribution in [3.8, 4) is 0 Å². The zero-order chi connectivity index (χ0) is 25.4. The largest absolute Gasteiger partial charge is 0.348 e. The van der Waals surface area contributed by atoms with Crippen molar-refractivity contribution in [2.24, 2.45) is 11.8 Å². The molecule has 1 aliphatic carbocycles. The minimum Gasteiger partial charge on any atom is -0.348 e. The van der Waals surface area contributed by atoms with Crippen LogP contribution in [0, 0.1) is 18.8 Å². The number of rotatable bonds is 9. The molecule has 1 amide bonds. The minimum atomic E-state index is 0.110. The number of hydrogen-bond donors (Lipinski definition) is 1. The Morgan fingerprint density at radius 2 is 2.00 bits per heavy atom. The van der Waals surface area contributed by atoms with Crippen LogP contribution < -0.4 is 5.32 Å². The zero-order valence-electron chi connectivity index (χ0n) is 22.7. The van der Waals surface area contributed by atoms with E-state index in [2.05, 4.69) is 82.1 Å². The van der Waals surface area contributed by atoms with E-state index < -0.39 is 0 Å². The van der Waals surface area contributed by atoms with Crippen LogP contribution in [-0.4, -0.2) is 69.2 Å². The molecule has 1 N–H and O–H groups in total. The molecule has 3 fully saturated rings. The molecule has 0 radical (unpaired) electrons. The van der Waals surface area contributed by atoms with Gasteiger partial charge in [-0.2, -0.15) is 0 Å². The van der Waals surface area contributed by atoms with Gasteiger partial charge in [-0.05, 0) is 83.0 Å². The monoisotopic (exact) mass is 512 g/mol. The van der Waals surface area contributed by atoms with E-state index in [1.165, 1.54) is 24.1 Å². The van der Waals surface area contributed by atoms with Crippen molar-refractivity contribution in [1.82, 2.24) is 29.9 Å². The summed E-state index contributed by atoms with van der Waals surface area (Å²) in [6, 6.07) is 6.19. The van der Waals surface area contributed by atoms with Crippen molar-refractivity contribution in [3.63, 3.8) is 0 Å². The van der Waals surface area contributed by atoms with E-state index in [0.29, 0.717) is 24.0 Å². The third-order valence-electron chi connectivity index (χ3n) is 9.06. The molecule has 2 aromatic heterocycles. The number of nitrogens with one attached hydrogen (secondary N) is 1. The highest BCUT2D eigenvalue weighted by Crippen LogP contribution is 2.50. The molecular weight excluding hydrogens is 468 g/mol. The van der Waals surface area contributed by atoms with E-state index in [1.807, 2.05) is 0 Å². The number of hydrogen-bond acceptors (Lipinski definition) is 6. The van der Waals surface area contributed by atoms with Gasteiger partial charge in [0.05, 0.1) is 6.04 Å². The Hall–Kier alpha value is -1.77. The fourth-order valence-corrected chi connectivity index (χ4v) is 7.94. The second kappa shape index (κ2) is 10.9. The number of fused-ring (bicyclic) bond motifs is 1. The number of aryl methyl sites for hydroxylation is 1. The summed E-state index contributed by atoms with van der Waals surface area (Å²) in [6.07, 6.45) is 6.53. The first-order valence-electron chi connectivity index (χ1n) is 14.1. The minimum absolute atomic E-state index is 0.110. The summed E-state index contributed by atoms with van der Waals surface area (Å²) < 4.78 is 2.43. The molecule has 4 unspecified atom stereocenters. The van der Waals surface area contributed by atoms with Gasteiger partial charge in [0.25, 0.3) is 0 Å². The second-order valence-electron chi connectivity index (χ2n) is 11.6. The number of carbonyl (C=O) groups is 1. The molecule has 5 atom stereocenters. The van der Waals surface area contributed by atoms with Crippen LogP contribution in [0.2, 0.25) is 0 Å². The van der Waals surface area contributed by atoms with Crippen molar-refractivity contribution in [2.45, 2.75) is 96.3 Å². The van der Waals surface area contributed by atoms with E-state index in [9.17, 15) is 4.79 Å². The number of piperidine rings is 1. The first-order valence-corrected chi connectivity index (χ1v) is 14.9. The van der Waals surface area contributed by atoms with Gasteiger partial charge >= 0.3 is 0 Å². The molecule has 1 saturated carbocycles. The molecule has 7 nitrogen and oxygen atoms in total. The summed E-state index contributed by atoms with van der Waals surface area (Å²) in [5, 5.41) is 14.5. The molecule has 198 valence electrons. The predicted molar refractivity (Wildman–Crippen MR) is 145 cm³/mol. The number of aromatic nitrogens is 3. The summed E-state index contributed by atoms with van der Waals surface area (Å²) in [6.45, 7) is 12.0. The summed E-state index contributed by atoms with van der Waals surface area (Å²) in [7, 11) is 2.15. The first kappa shape index (κ1) is 25.9. The lowest BCUT2D eigenvalue weighted by atomic mass is 9.80. The molecule has 5 rings (SSSR count). The number of likely N-dealkylation sites (tertiary alicyclic amines) is 2. The van der Waals surface area contributed by atoms with Crippen LogP contribution >= 0.6 is 11.3 Å². The second-order valence-corrected chi connectivity index (χ2v) is 12.6. The van der Waals surface area contributed by atoms with Gasteiger partial charge in [-0.3, -0.25) is 9.69 Å². The highest BCUT2D eigenvalue weighted by atomic mass is 32.1. The van der Waals surface area contributed by atoms with E-state index in [1.54, 1.807) is 11.3 Å². The Bertz CT molecular complexity index is 1010. The van der Waals surface area contributed by atoms with Crippen LogP contribution in [0.4, 0.5) is 0 Å². The smallest absolute Gasteiger partial charge is 0.223 e. The van der Waals surface area contributed by atoms with Crippen LogP contribution in [0.25, 0.3) is 0 Å². The molecule has 0 aromatic carbocycles. The average Bonchev–Trinajstić information content (AvgIpc) is 3.59. The van der Waals surface area contributed by atoms with Gasteiger partial charge < -0.3 is 14.8 Å². The van der Waals surface area contributed by atoms with Crippen LogP contribution in [0.5, 0.6) is 0 Å². The number of amides is 1. The molecule has 4 heterocycles. The summed E-state index contributed by atoms with van der Waals surface area (Å²) in [4.78, 5) is 19.5. The highest BCUT2D eigenvalue weighted by molar-refractivity contribution is 7.10. The highest BCUT2D eigenvalue weighted by Gasteiger charge is 2.53. The zero-order valence-corrected chi connectivity index (χ0v) is 23.5. The number of carbonyl (C=O) groups excluding carboxylic acids is 1. The van der Waals surface area contributed by atoms with Gasteiger partial charge in [0, 0.05) is 41.4 Å². The molecule has 3 aliphatic rings. The molecule has 8 heteroatoms. The Balaban J connectivity index is 1.24. The third kappa shape index (κ3) is 5.01. The molecule has 2 aromatic rings. The predicted octanol–water partition coefficient (Wildman–Crippen LogP) is 4.77. The number of nitrogens with zero attached hydrogens (tertiary/aromatic N) is 5. The fraction of sp³-hybridized carbons (Fsp3) is 0.750. The van der Waals surface area contributed by atoms with Crippen molar-refractivity contribution in [2.75, 3.05) is 26.7 Å². The Labute approximate surface area is 220 Å². The van der Waals surface area contributed by atoms with Crippen molar-refractivity contribution in [1.29, 1.82) is 0 Å². The van der Waals surface area contributed by atoms with Crippen LogP contribution in [-0.2, 0) is 4.79 Å². The maximum absolute atomic E-state index is 13.2. The van der Waals surface area contributed by atoms with Crippen LogP contribution in [0.15, 0.2) is 17.5 Å². The molecule has 2 saturated heterocycles. The Kier molecular flexibility index (Phi) is 7.84. The van der Waals surface area contributed by atoms with E-state index in [4.69, 9.17) is 0 Å². The maximum atomic E-state index is 13.2. The van der Waals surface area contributed by atoms with Gasteiger partial charge in [-0.1, -0.05) is 26.8 Å². The Morgan fingerprint density at radius 3 is 2.67 bits per heavy atom. The van der Waals surface area contributed by atoms with Crippen molar-refractivity contribution in [3.05, 3.63) is 34.0 Å².